The van der Waals surface area contributed by atoms with Crippen LogP contribution >= 0.6 is 11.5 Å². The number of sulfone groups is 1. The van der Waals surface area contributed by atoms with Gasteiger partial charge < -0.3 is 5.32 Å². The third-order valence-electron chi connectivity index (χ3n) is 4.26. The molecule has 154 valence electrons. The average molecular weight is 438 g/mol. The van der Waals surface area contributed by atoms with Crippen molar-refractivity contribution in [3.05, 3.63) is 71.1 Å². The quantitative estimate of drug-likeness (QED) is 0.625. The van der Waals surface area contributed by atoms with E-state index in [1.54, 1.807) is 12.1 Å². The second kappa shape index (κ2) is 7.79. The van der Waals surface area contributed by atoms with E-state index in [1.165, 1.54) is 18.2 Å². The maximum absolute atomic E-state index is 13.9. The summed E-state index contributed by atoms with van der Waals surface area (Å²) in [6.07, 6.45) is 1.12. The van der Waals surface area contributed by atoms with Crippen LogP contribution in [0.4, 0.5) is 13.9 Å². The molecule has 3 aromatic rings. The van der Waals surface area contributed by atoms with Crippen LogP contribution in [0.15, 0.2) is 47.4 Å². The molecule has 0 spiro atoms. The zero-order valence-corrected chi connectivity index (χ0v) is 18.0. The molecule has 0 saturated heterocycles. The van der Waals surface area contributed by atoms with Crippen LogP contribution in [0.25, 0.3) is 0 Å². The van der Waals surface area contributed by atoms with Crippen molar-refractivity contribution >= 4 is 26.5 Å². The first-order valence-electron chi connectivity index (χ1n) is 8.81. The van der Waals surface area contributed by atoms with Crippen LogP contribution in [-0.2, 0) is 15.3 Å². The van der Waals surface area contributed by atoms with Crippen LogP contribution in [0.1, 0.15) is 43.8 Å². The summed E-state index contributed by atoms with van der Waals surface area (Å²) in [5.41, 5.74) is 0.762. The van der Waals surface area contributed by atoms with E-state index in [0.717, 1.165) is 29.9 Å². The molecule has 0 aliphatic rings. The number of nitrogens with zero attached hydrogens (tertiary/aromatic N) is 2. The Morgan fingerprint density at radius 3 is 2.31 bits per heavy atom. The summed E-state index contributed by atoms with van der Waals surface area (Å²) in [7, 11) is -3.43. The first-order valence-corrected chi connectivity index (χ1v) is 11.5. The molecular formula is C20H21F2N3O2S2. The standard InChI is InChI=1S/C20H21F2N3O2S2/c1-20(2,3)18-24-19(28-25-18)23-17(13-8-9-15(21)16(22)11-13)12-6-5-7-14(10-12)29(4,26)27/h5-11,17H,1-4H3,(H,23,24,25). The lowest BCUT2D eigenvalue weighted by Gasteiger charge is -2.20. The van der Waals surface area contributed by atoms with E-state index in [0.29, 0.717) is 22.1 Å². The molecule has 0 bridgehead atoms. The Balaban J connectivity index is 2.07. The fourth-order valence-corrected chi connectivity index (χ4v) is 4.15. The Kier molecular flexibility index (Phi) is 5.73. The van der Waals surface area contributed by atoms with Gasteiger partial charge in [-0.25, -0.2) is 22.2 Å². The molecule has 0 saturated carbocycles. The van der Waals surface area contributed by atoms with Crippen LogP contribution in [0.3, 0.4) is 0 Å². The third-order valence-corrected chi connectivity index (χ3v) is 6.02. The Bertz CT molecular complexity index is 1140. The van der Waals surface area contributed by atoms with Crippen LogP contribution in [0, 0.1) is 11.6 Å². The second-order valence-corrected chi connectivity index (χ2v) is 10.5. The predicted molar refractivity (Wildman–Crippen MR) is 110 cm³/mol. The van der Waals surface area contributed by atoms with Crippen molar-refractivity contribution in [3.8, 4) is 0 Å². The molecule has 0 aliphatic carbocycles. The number of anilines is 1. The van der Waals surface area contributed by atoms with Crippen LogP contribution in [-0.4, -0.2) is 24.0 Å². The van der Waals surface area contributed by atoms with Crippen molar-refractivity contribution in [1.29, 1.82) is 0 Å². The molecule has 0 radical (unpaired) electrons. The number of hydrogen-bond donors (Lipinski definition) is 1. The van der Waals surface area contributed by atoms with E-state index in [4.69, 9.17) is 0 Å². The third kappa shape index (κ3) is 4.97. The SMILES string of the molecule is CC(C)(C)c1nsc(NC(c2cccc(S(C)(=O)=O)c2)c2ccc(F)c(F)c2)n1. The summed E-state index contributed by atoms with van der Waals surface area (Å²) >= 11 is 1.15. The molecule has 2 aromatic carbocycles. The molecule has 29 heavy (non-hydrogen) atoms. The van der Waals surface area contributed by atoms with E-state index in [9.17, 15) is 17.2 Å². The highest BCUT2D eigenvalue weighted by Crippen LogP contribution is 2.31. The molecule has 0 amide bonds. The number of rotatable bonds is 5. The van der Waals surface area contributed by atoms with Crippen LogP contribution in [0.5, 0.6) is 0 Å². The zero-order chi connectivity index (χ0) is 21.4. The Morgan fingerprint density at radius 1 is 1.03 bits per heavy atom. The summed E-state index contributed by atoms with van der Waals surface area (Å²) < 4.78 is 55.6. The van der Waals surface area contributed by atoms with E-state index >= 15 is 0 Å². The van der Waals surface area contributed by atoms with E-state index < -0.39 is 27.5 Å². The lowest BCUT2D eigenvalue weighted by Crippen LogP contribution is -2.15. The van der Waals surface area contributed by atoms with Crippen molar-refractivity contribution in [1.82, 2.24) is 9.36 Å². The molecule has 3 rings (SSSR count). The minimum Gasteiger partial charge on any atom is -0.349 e. The molecule has 5 nitrogen and oxygen atoms in total. The summed E-state index contributed by atoms with van der Waals surface area (Å²) in [4.78, 5) is 4.63. The molecule has 1 N–H and O–H groups in total. The Morgan fingerprint density at radius 2 is 1.72 bits per heavy atom. The van der Waals surface area contributed by atoms with Gasteiger partial charge in [-0.2, -0.15) is 4.37 Å². The highest BCUT2D eigenvalue weighted by atomic mass is 32.2. The van der Waals surface area contributed by atoms with Crippen molar-refractivity contribution in [2.75, 3.05) is 11.6 Å². The smallest absolute Gasteiger partial charge is 0.203 e. The molecular weight excluding hydrogens is 416 g/mol. The first-order chi connectivity index (χ1) is 13.4. The fourth-order valence-electron chi connectivity index (χ4n) is 2.69. The van der Waals surface area contributed by atoms with Crippen LogP contribution < -0.4 is 5.32 Å². The van der Waals surface area contributed by atoms with Gasteiger partial charge in [0.15, 0.2) is 21.5 Å². The monoisotopic (exact) mass is 437 g/mol. The van der Waals surface area contributed by atoms with E-state index in [1.807, 2.05) is 20.8 Å². The van der Waals surface area contributed by atoms with E-state index in [-0.39, 0.29) is 10.3 Å². The number of aromatic nitrogens is 2. The minimum absolute atomic E-state index is 0.136. The van der Waals surface area contributed by atoms with Gasteiger partial charge in [-0.1, -0.05) is 39.0 Å². The molecule has 9 heteroatoms. The number of nitrogens with one attached hydrogen (secondary N) is 1. The molecule has 1 unspecified atom stereocenters. The average Bonchev–Trinajstić information content (AvgIpc) is 3.11. The minimum atomic E-state index is -3.43. The molecule has 1 aromatic heterocycles. The van der Waals surface area contributed by atoms with Gasteiger partial charge >= 0.3 is 0 Å². The van der Waals surface area contributed by atoms with Gasteiger partial charge in [-0.3, -0.25) is 0 Å². The number of hydrogen-bond acceptors (Lipinski definition) is 6. The van der Waals surface area contributed by atoms with Crippen molar-refractivity contribution in [2.45, 2.75) is 37.1 Å². The van der Waals surface area contributed by atoms with Gasteiger partial charge in [0.2, 0.25) is 5.13 Å². The second-order valence-electron chi connectivity index (χ2n) is 7.77. The van der Waals surface area contributed by atoms with Gasteiger partial charge in [0, 0.05) is 23.2 Å². The van der Waals surface area contributed by atoms with Gasteiger partial charge in [0.05, 0.1) is 10.9 Å². The van der Waals surface area contributed by atoms with Crippen molar-refractivity contribution in [2.24, 2.45) is 0 Å². The lowest BCUT2D eigenvalue weighted by atomic mass is 9.96. The van der Waals surface area contributed by atoms with Crippen molar-refractivity contribution in [3.63, 3.8) is 0 Å². The summed E-state index contributed by atoms with van der Waals surface area (Å²) in [5, 5.41) is 3.69. The van der Waals surface area contributed by atoms with Crippen LogP contribution in [0.2, 0.25) is 0 Å². The number of halogens is 2. The molecule has 0 aliphatic heterocycles. The fraction of sp³-hybridized carbons (Fsp3) is 0.300. The molecule has 0 fully saturated rings. The summed E-state index contributed by atoms with van der Waals surface area (Å²) in [6, 6.07) is 9.28. The summed E-state index contributed by atoms with van der Waals surface area (Å²) in [5.74, 6) is -1.29. The Labute approximate surface area is 172 Å². The maximum Gasteiger partial charge on any atom is 0.203 e. The highest BCUT2D eigenvalue weighted by Gasteiger charge is 2.23. The zero-order valence-electron chi connectivity index (χ0n) is 16.4. The van der Waals surface area contributed by atoms with Crippen molar-refractivity contribution < 1.29 is 17.2 Å². The topological polar surface area (TPSA) is 72.0 Å². The molecule has 1 heterocycles. The van der Waals surface area contributed by atoms with Gasteiger partial charge in [-0.05, 0) is 35.4 Å². The maximum atomic E-state index is 13.9. The largest absolute Gasteiger partial charge is 0.349 e. The predicted octanol–water partition coefficient (Wildman–Crippen LogP) is 4.72. The highest BCUT2D eigenvalue weighted by molar-refractivity contribution is 7.90. The Hall–Kier alpha value is -2.39. The first kappa shape index (κ1) is 21.3. The lowest BCUT2D eigenvalue weighted by molar-refractivity contribution is 0.506. The summed E-state index contributed by atoms with van der Waals surface area (Å²) in [6.45, 7) is 5.96. The van der Waals surface area contributed by atoms with E-state index in [2.05, 4.69) is 14.7 Å². The molecule has 1 atom stereocenters. The normalized spacial score (nSPS) is 13.3. The van der Waals surface area contributed by atoms with Gasteiger partial charge in [0.25, 0.3) is 0 Å². The van der Waals surface area contributed by atoms with Gasteiger partial charge in [-0.15, -0.1) is 0 Å². The number of benzene rings is 2. The van der Waals surface area contributed by atoms with Gasteiger partial charge in [0.1, 0.15) is 5.82 Å².